The predicted octanol–water partition coefficient (Wildman–Crippen LogP) is 4.01. The molecule has 0 fully saturated rings. The molecule has 0 unspecified atom stereocenters. The molecule has 0 saturated carbocycles. The van der Waals surface area contributed by atoms with E-state index in [1.165, 1.54) is 0 Å². The van der Waals surface area contributed by atoms with Crippen LogP contribution in [-0.2, 0) is 20.9 Å². The SMILES string of the molecule is CCOC(=O)CCN(Cc1ccccc1)C(=O)COc1ccc(Cl)cc1C. The van der Waals surface area contributed by atoms with Crippen LogP contribution in [0.3, 0.4) is 0 Å². The topological polar surface area (TPSA) is 55.8 Å². The molecular weight excluding hydrogens is 366 g/mol. The molecule has 0 saturated heterocycles. The van der Waals surface area contributed by atoms with Crippen LogP contribution in [0.5, 0.6) is 5.75 Å². The summed E-state index contributed by atoms with van der Waals surface area (Å²) in [5.41, 5.74) is 1.84. The number of nitrogens with zero attached hydrogens (tertiary/aromatic N) is 1. The van der Waals surface area contributed by atoms with Crippen molar-refractivity contribution in [3.63, 3.8) is 0 Å². The van der Waals surface area contributed by atoms with Crippen LogP contribution in [0, 0.1) is 6.92 Å². The maximum atomic E-state index is 12.7. The zero-order valence-corrected chi connectivity index (χ0v) is 16.4. The lowest BCUT2D eigenvalue weighted by molar-refractivity contribution is -0.144. The predicted molar refractivity (Wildman–Crippen MR) is 105 cm³/mol. The van der Waals surface area contributed by atoms with Gasteiger partial charge in [0.2, 0.25) is 0 Å². The van der Waals surface area contributed by atoms with Crippen molar-refractivity contribution < 1.29 is 19.1 Å². The Morgan fingerprint density at radius 2 is 1.85 bits per heavy atom. The molecule has 0 radical (unpaired) electrons. The van der Waals surface area contributed by atoms with Crippen LogP contribution in [0.1, 0.15) is 24.5 Å². The van der Waals surface area contributed by atoms with E-state index in [1.54, 1.807) is 30.0 Å². The van der Waals surface area contributed by atoms with Crippen molar-refractivity contribution in [3.05, 3.63) is 64.7 Å². The van der Waals surface area contributed by atoms with Crippen LogP contribution in [-0.4, -0.2) is 36.5 Å². The number of hydrogen-bond acceptors (Lipinski definition) is 4. The summed E-state index contributed by atoms with van der Waals surface area (Å²) >= 11 is 5.94. The third-order valence-electron chi connectivity index (χ3n) is 3.95. The van der Waals surface area contributed by atoms with Gasteiger partial charge in [-0.25, -0.2) is 0 Å². The highest BCUT2D eigenvalue weighted by molar-refractivity contribution is 6.30. The number of benzene rings is 2. The third kappa shape index (κ3) is 6.94. The van der Waals surface area contributed by atoms with Gasteiger partial charge in [-0.05, 0) is 43.2 Å². The second kappa shape index (κ2) is 10.6. The zero-order chi connectivity index (χ0) is 19.6. The molecule has 0 bridgehead atoms. The van der Waals surface area contributed by atoms with Gasteiger partial charge >= 0.3 is 5.97 Å². The largest absolute Gasteiger partial charge is 0.483 e. The molecule has 2 aromatic rings. The second-order valence-corrected chi connectivity index (χ2v) is 6.49. The molecule has 0 aliphatic heterocycles. The maximum Gasteiger partial charge on any atom is 0.307 e. The van der Waals surface area contributed by atoms with E-state index >= 15 is 0 Å². The quantitative estimate of drug-likeness (QED) is 0.608. The molecule has 2 aromatic carbocycles. The zero-order valence-electron chi connectivity index (χ0n) is 15.6. The summed E-state index contributed by atoms with van der Waals surface area (Å²) in [5, 5.41) is 0.617. The van der Waals surface area contributed by atoms with Crippen LogP contribution in [0.15, 0.2) is 48.5 Å². The van der Waals surface area contributed by atoms with Gasteiger partial charge in [0.1, 0.15) is 5.75 Å². The number of rotatable bonds is 9. The molecule has 0 heterocycles. The molecule has 27 heavy (non-hydrogen) atoms. The van der Waals surface area contributed by atoms with Crippen molar-refractivity contribution in [1.29, 1.82) is 0 Å². The van der Waals surface area contributed by atoms with E-state index in [0.717, 1.165) is 11.1 Å². The molecule has 0 aliphatic rings. The molecule has 144 valence electrons. The van der Waals surface area contributed by atoms with Gasteiger partial charge in [0.05, 0.1) is 13.0 Å². The Bertz CT molecular complexity index is 764. The fourth-order valence-electron chi connectivity index (χ4n) is 2.56. The standard InChI is InChI=1S/C21H24ClNO4/c1-3-26-21(25)11-12-23(14-17-7-5-4-6-8-17)20(24)15-27-19-10-9-18(22)13-16(19)2/h4-10,13H,3,11-12,14-15H2,1-2H3. The van der Waals surface area contributed by atoms with E-state index in [1.807, 2.05) is 37.3 Å². The van der Waals surface area contributed by atoms with Crippen molar-refractivity contribution >= 4 is 23.5 Å². The Hall–Kier alpha value is -2.53. The molecule has 2 rings (SSSR count). The first kappa shape index (κ1) is 20.8. The fourth-order valence-corrected chi connectivity index (χ4v) is 2.79. The fraction of sp³-hybridized carbons (Fsp3) is 0.333. The summed E-state index contributed by atoms with van der Waals surface area (Å²) in [5.74, 6) is 0.0909. The van der Waals surface area contributed by atoms with E-state index < -0.39 is 0 Å². The van der Waals surface area contributed by atoms with Crippen LogP contribution < -0.4 is 4.74 Å². The average Bonchev–Trinajstić information content (AvgIpc) is 2.65. The Morgan fingerprint density at radius 1 is 1.11 bits per heavy atom. The van der Waals surface area contributed by atoms with Gasteiger partial charge in [-0.3, -0.25) is 9.59 Å². The summed E-state index contributed by atoms with van der Waals surface area (Å²) in [6.07, 6.45) is 0.145. The third-order valence-corrected chi connectivity index (χ3v) is 4.18. The molecule has 0 aromatic heterocycles. The van der Waals surface area contributed by atoms with Gasteiger partial charge in [-0.2, -0.15) is 0 Å². The number of ether oxygens (including phenoxy) is 2. The molecule has 0 atom stereocenters. The number of carbonyl (C=O) groups is 2. The first-order valence-corrected chi connectivity index (χ1v) is 9.23. The lowest BCUT2D eigenvalue weighted by Gasteiger charge is -2.23. The van der Waals surface area contributed by atoms with E-state index in [0.29, 0.717) is 23.9 Å². The summed E-state index contributed by atoms with van der Waals surface area (Å²) in [4.78, 5) is 26.0. The number of halogens is 1. The van der Waals surface area contributed by atoms with Gasteiger partial charge in [-0.1, -0.05) is 41.9 Å². The molecular formula is C21H24ClNO4. The molecule has 6 heteroatoms. The Balaban J connectivity index is 2.01. The summed E-state index contributed by atoms with van der Waals surface area (Å²) < 4.78 is 10.6. The minimum Gasteiger partial charge on any atom is -0.483 e. The molecule has 0 N–H and O–H groups in total. The second-order valence-electron chi connectivity index (χ2n) is 6.05. The van der Waals surface area contributed by atoms with Gasteiger partial charge in [0.25, 0.3) is 5.91 Å². The van der Waals surface area contributed by atoms with E-state index in [4.69, 9.17) is 21.1 Å². The van der Waals surface area contributed by atoms with Gasteiger partial charge in [-0.15, -0.1) is 0 Å². The average molecular weight is 390 g/mol. The number of hydrogen-bond donors (Lipinski definition) is 0. The minimum atomic E-state index is -0.321. The normalized spacial score (nSPS) is 10.3. The van der Waals surface area contributed by atoms with Gasteiger partial charge < -0.3 is 14.4 Å². The lowest BCUT2D eigenvalue weighted by Crippen LogP contribution is -2.36. The molecule has 0 spiro atoms. The van der Waals surface area contributed by atoms with Crippen molar-refractivity contribution in [3.8, 4) is 5.75 Å². The van der Waals surface area contributed by atoms with Gasteiger partial charge in [0.15, 0.2) is 6.61 Å². The number of carbonyl (C=O) groups excluding carboxylic acids is 2. The molecule has 5 nitrogen and oxygen atoms in total. The summed E-state index contributed by atoms with van der Waals surface area (Å²) in [6.45, 7) is 4.52. The van der Waals surface area contributed by atoms with Crippen molar-refractivity contribution in [2.45, 2.75) is 26.8 Å². The van der Waals surface area contributed by atoms with Crippen molar-refractivity contribution in [2.75, 3.05) is 19.8 Å². The van der Waals surface area contributed by atoms with Crippen molar-refractivity contribution in [2.24, 2.45) is 0 Å². The smallest absolute Gasteiger partial charge is 0.307 e. The highest BCUT2D eigenvalue weighted by Gasteiger charge is 2.17. The minimum absolute atomic E-state index is 0.113. The van der Waals surface area contributed by atoms with E-state index in [2.05, 4.69) is 0 Å². The van der Waals surface area contributed by atoms with Gasteiger partial charge in [0, 0.05) is 18.1 Å². The Morgan fingerprint density at radius 3 is 2.52 bits per heavy atom. The lowest BCUT2D eigenvalue weighted by atomic mass is 10.2. The first-order valence-electron chi connectivity index (χ1n) is 8.86. The number of amides is 1. The highest BCUT2D eigenvalue weighted by Crippen LogP contribution is 2.21. The van der Waals surface area contributed by atoms with E-state index in [9.17, 15) is 9.59 Å². The van der Waals surface area contributed by atoms with Crippen LogP contribution >= 0.6 is 11.6 Å². The monoisotopic (exact) mass is 389 g/mol. The van der Waals surface area contributed by atoms with Crippen LogP contribution in [0.2, 0.25) is 5.02 Å². The maximum absolute atomic E-state index is 12.7. The Labute approximate surface area is 164 Å². The van der Waals surface area contributed by atoms with Crippen LogP contribution in [0.25, 0.3) is 0 Å². The van der Waals surface area contributed by atoms with E-state index in [-0.39, 0.29) is 31.4 Å². The van der Waals surface area contributed by atoms with Crippen molar-refractivity contribution in [1.82, 2.24) is 4.90 Å². The first-order chi connectivity index (χ1) is 13.0. The van der Waals surface area contributed by atoms with Crippen LogP contribution in [0.4, 0.5) is 0 Å². The number of aryl methyl sites for hydroxylation is 1. The summed E-state index contributed by atoms with van der Waals surface area (Å²) in [6, 6.07) is 14.9. The molecule has 0 aliphatic carbocycles. The molecule has 1 amide bonds. The Kier molecular flexibility index (Phi) is 8.14. The summed E-state index contributed by atoms with van der Waals surface area (Å²) in [7, 11) is 0. The number of esters is 1. The highest BCUT2D eigenvalue weighted by atomic mass is 35.5.